The van der Waals surface area contributed by atoms with Crippen molar-refractivity contribution in [1.82, 2.24) is 0 Å². The van der Waals surface area contributed by atoms with E-state index in [0.29, 0.717) is 5.02 Å². The van der Waals surface area contributed by atoms with E-state index in [1.807, 2.05) is 5.82 Å². The Morgan fingerprint density at radius 2 is 1.91 bits per heavy atom. The summed E-state index contributed by atoms with van der Waals surface area (Å²) in [7, 11) is 0. The van der Waals surface area contributed by atoms with Gasteiger partial charge in [0.2, 0.25) is 0 Å². The van der Waals surface area contributed by atoms with E-state index in [0.717, 1.165) is 5.56 Å². The topological polar surface area (TPSA) is 17.1 Å². The van der Waals surface area contributed by atoms with Crippen LogP contribution in [0, 0.1) is 0 Å². The molecule has 0 aliphatic carbocycles. The first-order valence-electron chi connectivity index (χ1n) is 3.08. The van der Waals surface area contributed by atoms with E-state index >= 15 is 0 Å². The van der Waals surface area contributed by atoms with E-state index in [9.17, 15) is 4.79 Å². The Balaban J connectivity index is 2.90. The van der Waals surface area contributed by atoms with Gasteiger partial charge in [-0.05, 0) is 0 Å². The van der Waals surface area contributed by atoms with Crippen LogP contribution in [0.4, 0.5) is 0 Å². The molecule has 1 rings (SSSR count). The summed E-state index contributed by atoms with van der Waals surface area (Å²) in [6.45, 7) is 0. The number of benzene rings is 1. The molecule has 3 heteroatoms. The van der Waals surface area contributed by atoms with Gasteiger partial charge in [0.25, 0.3) is 0 Å². The van der Waals surface area contributed by atoms with Crippen LogP contribution >= 0.6 is 11.6 Å². The first-order chi connectivity index (χ1) is 5.24. The average Bonchev–Trinajstić information content (AvgIpc) is 2.05. The first kappa shape index (κ1) is 8.79. The van der Waals surface area contributed by atoms with Crippen LogP contribution in [0.5, 0.6) is 0 Å². The molecule has 0 aromatic heterocycles. The van der Waals surface area contributed by atoms with Crippen molar-refractivity contribution in [2.45, 2.75) is 5.82 Å². The van der Waals surface area contributed by atoms with Crippen molar-refractivity contribution in [1.29, 1.82) is 0 Å². The van der Waals surface area contributed by atoms with Gasteiger partial charge in [-0.25, -0.2) is 0 Å². The molecule has 0 atom stereocenters. The van der Waals surface area contributed by atoms with Crippen molar-refractivity contribution < 1.29 is 4.79 Å². The van der Waals surface area contributed by atoms with Gasteiger partial charge < -0.3 is 0 Å². The van der Waals surface area contributed by atoms with Crippen molar-refractivity contribution in [3.05, 3.63) is 34.9 Å². The standard InChI is InChI=1S/C8H7ClOSe/c1-11-8(10)6-2-4-7(9)5-3-6/h2-5H,1H3. The Labute approximate surface area is 76.9 Å². The summed E-state index contributed by atoms with van der Waals surface area (Å²) in [5, 5.41) is 0.671. The zero-order valence-electron chi connectivity index (χ0n) is 6.00. The monoisotopic (exact) mass is 234 g/mol. The van der Waals surface area contributed by atoms with Crippen molar-refractivity contribution >= 4 is 31.2 Å². The van der Waals surface area contributed by atoms with Gasteiger partial charge >= 0.3 is 76.7 Å². The Bertz CT molecular complexity index is 255. The van der Waals surface area contributed by atoms with E-state index < -0.39 is 0 Å². The second kappa shape index (κ2) is 3.91. The summed E-state index contributed by atoms with van der Waals surface area (Å²) in [6, 6.07) is 6.99. The van der Waals surface area contributed by atoms with E-state index in [-0.39, 0.29) is 19.6 Å². The third kappa shape index (κ3) is 2.33. The predicted octanol–water partition coefficient (Wildman–Crippen LogP) is 2.23. The minimum absolute atomic E-state index is 0.0494. The molecule has 0 radical (unpaired) electrons. The Kier molecular flexibility index (Phi) is 3.13. The molecule has 0 heterocycles. The maximum atomic E-state index is 11.1. The molecule has 1 nitrogen and oxygen atoms in total. The van der Waals surface area contributed by atoms with Crippen molar-refractivity contribution in [2.75, 3.05) is 0 Å². The van der Waals surface area contributed by atoms with Crippen molar-refractivity contribution in [2.24, 2.45) is 0 Å². The summed E-state index contributed by atoms with van der Waals surface area (Å²) in [5.41, 5.74) is 0.761. The van der Waals surface area contributed by atoms with Gasteiger partial charge in [0.15, 0.2) is 0 Å². The molecule has 0 saturated carbocycles. The molecule has 0 unspecified atom stereocenters. The fraction of sp³-hybridized carbons (Fsp3) is 0.125. The van der Waals surface area contributed by atoms with Crippen molar-refractivity contribution in [3.8, 4) is 0 Å². The molecule has 0 saturated heterocycles. The molecule has 0 bridgehead atoms. The Morgan fingerprint density at radius 1 is 1.36 bits per heavy atom. The molecule has 1 aromatic rings. The first-order valence-corrected chi connectivity index (χ1v) is 6.02. The number of carbonyl (C=O) groups is 1. The Hall–Kier alpha value is -0.301. The Morgan fingerprint density at radius 3 is 2.36 bits per heavy atom. The van der Waals surface area contributed by atoms with Gasteiger partial charge in [0.05, 0.1) is 0 Å². The molecule has 11 heavy (non-hydrogen) atoms. The molecule has 0 N–H and O–H groups in total. The number of hydrogen-bond donors (Lipinski definition) is 0. The number of carbonyl (C=O) groups excluding carboxylic acids is 1. The summed E-state index contributed by atoms with van der Waals surface area (Å²) in [6.07, 6.45) is 0. The van der Waals surface area contributed by atoms with Gasteiger partial charge in [-0.15, -0.1) is 0 Å². The van der Waals surface area contributed by atoms with E-state index in [1.54, 1.807) is 24.3 Å². The van der Waals surface area contributed by atoms with Crippen LogP contribution in [0.3, 0.4) is 0 Å². The molecule has 0 amide bonds. The molecule has 58 valence electrons. The summed E-state index contributed by atoms with van der Waals surface area (Å²) < 4.78 is 0.217. The summed E-state index contributed by atoms with van der Waals surface area (Å²) >= 11 is 5.70. The van der Waals surface area contributed by atoms with Crippen LogP contribution in [-0.4, -0.2) is 19.6 Å². The van der Waals surface area contributed by atoms with Crippen LogP contribution in [0.1, 0.15) is 10.4 Å². The van der Waals surface area contributed by atoms with Crippen LogP contribution in [0.2, 0.25) is 10.8 Å². The van der Waals surface area contributed by atoms with Gasteiger partial charge in [0.1, 0.15) is 0 Å². The van der Waals surface area contributed by atoms with Gasteiger partial charge in [-0.1, -0.05) is 0 Å². The molecule has 0 aliphatic rings. The fourth-order valence-electron chi connectivity index (χ4n) is 0.704. The van der Waals surface area contributed by atoms with E-state index in [2.05, 4.69) is 0 Å². The van der Waals surface area contributed by atoms with E-state index in [4.69, 9.17) is 11.6 Å². The second-order valence-corrected chi connectivity index (χ2v) is 4.07. The zero-order valence-corrected chi connectivity index (χ0v) is 8.47. The van der Waals surface area contributed by atoms with Gasteiger partial charge in [0, 0.05) is 0 Å². The number of halogens is 1. The third-order valence-electron chi connectivity index (χ3n) is 1.27. The average molecular weight is 234 g/mol. The summed E-state index contributed by atoms with van der Waals surface area (Å²) in [5.74, 6) is 1.91. The molecule has 0 fully saturated rings. The quantitative estimate of drug-likeness (QED) is 0.716. The molecule has 0 aliphatic heterocycles. The van der Waals surface area contributed by atoms with E-state index in [1.165, 1.54) is 0 Å². The summed E-state index contributed by atoms with van der Waals surface area (Å²) in [4.78, 5) is 11.1. The van der Waals surface area contributed by atoms with Gasteiger partial charge in [-0.3, -0.25) is 0 Å². The van der Waals surface area contributed by atoms with Crippen LogP contribution in [-0.2, 0) is 0 Å². The van der Waals surface area contributed by atoms with Crippen molar-refractivity contribution in [3.63, 3.8) is 0 Å². The predicted molar refractivity (Wildman–Crippen MR) is 47.4 cm³/mol. The number of rotatable bonds is 2. The second-order valence-electron chi connectivity index (χ2n) is 2.00. The fourth-order valence-corrected chi connectivity index (χ4v) is 1.61. The molecular formula is C8H7ClOSe. The molecule has 0 spiro atoms. The third-order valence-corrected chi connectivity index (χ3v) is 2.79. The SMILES string of the molecule is C[Se]C(=O)c1ccc(Cl)cc1. The van der Waals surface area contributed by atoms with Crippen LogP contribution in [0.25, 0.3) is 0 Å². The molecular weight excluding hydrogens is 226 g/mol. The van der Waals surface area contributed by atoms with Gasteiger partial charge in [-0.2, -0.15) is 0 Å². The van der Waals surface area contributed by atoms with Crippen LogP contribution < -0.4 is 0 Å². The van der Waals surface area contributed by atoms with Crippen LogP contribution in [0.15, 0.2) is 24.3 Å². The normalized spacial score (nSPS) is 9.64. The number of hydrogen-bond acceptors (Lipinski definition) is 1. The molecule has 1 aromatic carbocycles. The maximum absolute atomic E-state index is 11.1. The zero-order chi connectivity index (χ0) is 8.27. The minimum atomic E-state index is 0.0494.